The lowest BCUT2D eigenvalue weighted by Gasteiger charge is -2.24. The lowest BCUT2D eigenvalue weighted by atomic mass is 10.3. The summed E-state index contributed by atoms with van der Waals surface area (Å²) < 4.78 is 13.7. The number of halogens is 1. The molecule has 1 heterocycles. The summed E-state index contributed by atoms with van der Waals surface area (Å²) in [6, 6.07) is 10.9. The molecule has 0 saturated carbocycles. The summed E-state index contributed by atoms with van der Waals surface area (Å²) in [5.41, 5.74) is 0.657. The van der Waals surface area contributed by atoms with Crippen LogP contribution in [0.15, 0.2) is 47.4 Å². The predicted molar refractivity (Wildman–Crippen MR) is 133 cm³/mol. The molecular weight excluding hydrogens is 463 g/mol. The van der Waals surface area contributed by atoms with Gasteiger partial charge in [0.25, 0.3) is 5.69 Å². The van der Waals surface area contributed by atoms with Crippen LogP contribution in [0.4, 0.5) is 15.2 Å². The molecule has 7 nitrogen and oxygen atoms in total. The number of amides is 1. The molecule has 0 fully saturated rings. The Labute approximate surface area is 200 Å². The number of hydrogen-bond donors (Lipinski definition) is 0. The molecule has 1 aromatic heterocycles. The molecule has 3 aromatic rings. The van der Waals surface area contributed by atoms with E-state index in [0.717, 1.165) is 30.3 Å². The normalized spacial score (nSPS) is 11.3. The molecule has 0 N–H and O–H groups in total. The Balaban J connectivity index is 1.70. The van der Waals surface area contributed by atoms with Gasteiger partial charge in [0, 0.05) is 36.5 Å². The van der Waals surface area contributed by atoms with E-state index in [9.17, 15) is 19.3 Å². The predicted octanol–water partition coefficient (Wildman–Crippen LogP) is 5.59. The first-order chi connectivity index (χ1) is 15.9. The topological polar surface area (TPSA) is 79.6 Å². The first-order valence-electron chi connectivity index (χ1n) is 10.9. The van der Waals surface area contributed by atoms with Gasteiger partial charge in [-0.2, -0.15) is 0 Å². The van der Waals surface area contributed by atoms with Crippen molar-refractivity contribution in [2.45, 2.75) is 31.6 Å². The fourth-order valence-electron chi connectivity index (χ4n) is 3.32. The van der Waals surface area contributed by atoms with Crippen molar-refractivity contribution in [2.75, 3.05) is 36.8 Å². The van der Waals surface area contributed by atoms with Gasteiger partial charge in [0.15, 0.2) is 5.13 Å². The van der Waals surface area contributed by atoms with Crippen molar-refractivity contribution in [1.82, 2.24) is 9.88 Å². The largest absolute Gasteiger partial charge is 0.302 e. The Hall–Kier alpha value is -2.56. The molecule has 0 bridgehead atoms. The molecule has 0 aliphatic rings. The average Bonchev–Trinajstić information content (AvgIpc) is 3.23. The Morgan fingerprint density at radius 3 is 2.55 bits per heavy atom. The van der Waals surface area contributed by atoms with Crippen molar-refractivity contribution in [1.29, 1.82) is 0 Å². The molecule has 0 spiro atoms. The van der Waals surface area contributed by atoms with Gasteiger partial charge in [-0.25, -0.2) is 9.37 Å². The van der Waals surface area contributed by atoms with Gasteiger partial charge in [0.1, 0.15) is 5.82 Å². The van der Waals surface area contributed by atoms with E-state index in [0.29, 0.717) is 34.7 Å². The fourth-order valence-corrected chi connectivity index (χ4v) is 5.21. The third-order valence-corrected chi connectivity index (χ3v) is 7.39. The number of nitro groups is 1. The SMILES string of the molecule is CCN(CC)CCN(C(=O)CCCSc1ccc(F)cc1)c1nc2ccc([N+](=O)[O-])cc2s1. The zero-order valence-corrected chi connectivity index (χ0v) is 20.3. The standard InChI is InChI=1S/C23H27FN4O3S2/c1-3-26(4-2)13-14-27(22(29)6-5-15-32-19-10-7-17(24)8-11-19)23-25-20-12-9-18(28(30)31)16-21(20)33-23/h7-12,16H,3-6,13-15H2,1-2H3. The van der Waals surface area contributed by atoms with Gasteiger partial charge in [0.2, 0.25) is 5.91 Å². The third kappa shape index (κ3) is 6.96. The minimum Gasteiger partial charge on any atom is -0.302 e. The maximum Gasteiger partial charge on any atom is 0.270 e. The van der Waals surface area contributed by atoms with Crippen LogP contribution in [0.2, 0.25) is 0 Å². The fraction of sp³-hybridized carbons (Fsp3) is 0.391. The number of nitro benzene ring substituents is 1. The maximum absolute atomic E-state index is 13.1. The van der Waals surface area contributed by atoms with Gasteiger partial charge in [0.05, 0.1) is 15.1 Å². The van der Waals surface area contributed by atoms with Crippen molar-refractivity contribution in [3.05, 3.63) is 58.4 Å². The lowest BCUT2D eigenvalue weighted by Crippen LogP contribution is -2.38. The minimum absolute atomic E-state index is 0.0107. The van der Waals surface area contributed by atoms with E-state index in [1.807, 2.05) is 0 Å². The van der Waals surface area contributed by atoms with Gasteiger partial charge in [-0.15, -0.1) is 11.8 Å². The van der Waals surface area contributed by atoms with Crippen LogP contribution in [0.3, 0.4) is 0 Å². The molecule has 0 aliphatic heterocycles. The van der Waals surface area contributed by atoms with Crippen molar-refractivity contribution in [3.8, 4) is 0 Å². The summed E-state index contributed by atoms with van der Waals surface area (Å²) in [4.78, 5) is 33.3. The summed E-state index contributed by atoms with van der Waals surface area (Å²) in [7, 11) is 0. The molecule has 0 unspecified atom stereocenters. The van der Waals surface area contributed by atoms with E-state index in [1.165, 1.54) is 35.6 Å². The Bertz CT molecular complexity index is 1090. The highest BCUT2D eigenvalue weighted by Crippen LogP contribution is 2.32. The van der Waals surface area contributed by atoms with Crippen molar-refractivity contribution >= 4 is 50.0 Å². The number of nitrogens with zero attached hydrogens (tertiary/aromatic N) is 4. The summed E-state index contributed by atoms with van der Waals surface area (Å²) in [6.45, 7) is 7.17. The smallest absolute Gasteiger partial charge is 0.270 e. The van der Waals surface area contributed by atoms with E-state index in [4.69, 9.17) is 0 Å². The molecule has 0 saturated heterocycles. The highest BCUT2D eigenvalue weighted by atomic mass is 32.2. The molecule has 33 heavy (non-hydrogen) atoms. The van der Waals surface area contributed by atoms with Crippen LogP contribution in [-0.4, -0.2) is 52.6 Å². The van der Waals surface area contributed by atoms with Crippen LogP contribution in [0.25, 0.3) is 10.2 Å². The number of benzene rings is 2. The van der Waals surface area contributed by atoms with Crippen molar-refractivity contribution in [3.63, 3.8) is 0 Å². The number of carbonyl (C=O) groups excluding carboxylic acids is 1. The Kier molecular flexibility index (Phi) is 9.16. The summed E-state index contributed by atoms with van der Waals surface area (Å²) >= 11 is 2.89. The number of non-ortho nitro benzene ring substituents is 1. The van der Waals surface area contributed by atoms with Crippen molar-refractivity contribution < 1.29 is 14.1 Å². The quantitative estimate of drug-likeness (QED) is 0.142. The van der Waals surface area contributed by atoms with Gasteiger partial charge < -0.3 is 4.90 Å². The van der Waals surface area contributed by atoms with E-state index >= 15 is 0 Å². The van der Waals surface area contributed by atoms with E-state index in [-0.39, 0.29) is 17.4 Å². The first-order valence-corrected chi connectivity index (χ1v) is 12.7. The van der Waals surface area contributed by atoms with E-state index < -0.39 is 4.92 Å². The highest BCUT2D eigenvalue weighted by molar-refractivity contribution is 7.99. The molecule has 176 valence electrons. The van der Waals surface area contributed by atoms with Crippen LogP contribution >= 0.6 is 23.1 Å². The molecule has 2 aromatic carbocycles. The monoisotopic (exact) mass is 490 g/mol. The van der Waals surface area contributed by atoms with Crippen LogP contribution in [-0.2, 0) is 4.79 Å². The molecule has 3 rings (SSSR count). The number of carbonyl (C=O) groups is 1. The van der Waals surface area contributed by atoms with Gasteiger partial charge in [-0.3, -0.25) is 19.8 Å². The third-order valence-electron chi connectivity index (χ3n) is 5.26. The van der Waals surface area contributed by atoms with Crippen LogP contribution in [0, 0.1) is 15.9 Å². The number of hydrogen-bond acceptors (Lipinski definition) is 7. The maximum atomic E-state index is 13.1. The molecule has 1 amide bonds. The number of rotatable bonds is 12. The number of aromatic nitrogens is 1. The van der Waals surface area contributed by atoms with Crippen LogP contribution in [0.5, 0.6) is 0 Å². The number of thiazole rings is 1. The molecular formula is C23H27FN4O3S2. The summed E-state index contributed by atoms with van der Waals surface area (Å²) in [5, 5.41) is 11.7. The summed E-state index contributed by atoms with van der Waals surface area (Å²) in [6.07, 6.45) is 1.04. The van der Waals surface area contributed by atoms with E-state index in [2.05, 4.69) is 23.7 Å². The van der Waals surface area contributed by atoms with Crippen LogP contribution in [0.1, 0.15) is 26.7 Å². The molecule has 0 radical (unpaired) electrons. The first kappa shape index (κ1) is 25.1. The number of thioether (sulfide) groups is 1. The Morgan fingerprint density at radius 1 is 1.15 bits per heavy atom. The summed E-state index contributed by atoms with van der Waals surface area (Å²) in [5.74, 6) is 0.461. The molecule has 10 heteroatoms. The van der Waals surface area contributed by atoms with Crippen LogP contribution < -0.4 is 4.90 Å². The average molecular weight is 491 g/mol. The highest BCUT2D eigenvalue weighted by Gasteiger charge is 2.21. The van der Waals surface area contributed by atoms with Crippen molar-refractivity contribution in [2.24, 2.45) is 0 Å². The Morgan fingerprint density at radius 2 is 1.88 bits per heavy atom. The minimum atomic E-state index is -0.430. The molecule has 0 atom stereocenters. The number of fused-ring (bicyclic) bond motifs is 1. The zero-order valence-electron chi connectivity index (χ0n) is 18.7. The van der Waals surface area contributed by atoms with Gasteiger partial charge in [-0.05, 0) is 55.6 Å². The van der Waals surface area contributed by atoms with Gasteiger partial charge in [-0.1, -0.05) is 25.2 Å². The zero-order chi connectivity index (χ0) is 23.8. The number of anilines is 1. The lowest BCUT2D eigenvalue weighted by molar-refractivity contribution is -0.384. The van der Waals surface area contributed by atoms with Gasteiger partial charge >= 0.3 is 0 Å². The number of likely N-dealkylation sites (N-methyl/N-ethyl adjacent to an activating group) is 1. The molecule has 0 aliphatic carbocycles. The second-order valence-corrected chi connectivity index (χ2v) is 9.56. The van der Waals surface area contributed by atoms with E-state index in [1.54, 1.807) is 34.9 Å². The second-order valence-electron chi connectivity index (χ2n) is 7.38. The second kappa shape index (κ2) is 12.1.